The Bertz CT molecular complexity index is 396. The summed E-state index contributed by atoms with van der Waals surface area (Å²) in [4.78, 5) is 10.7. The monoisotopic (exact) mass is 250 g/mol. The van der Waals surface area contributed by atoms with Crippen molar-refractivity contribution in [3.63, 3.8) is 0 Å². The van der Waals surface area contributed by atoms with Crippen LogP contribution in [0.3, 0.4) is 0 Å². The molecule has 1 fully saturated rings. The van der Waals surface area contributed by atoms with Crippen LogP contribution in [0.25, 0.3) is 0 Å². The van der Waals surface area contributed by atoms with Crippen LogP contribution in [0.2, 0.25) is 0 Å². The minimum atomic E-state index is 0.121. The smallest absolute Gasteiger partial charge is 0.218 e. The van der Waals surface area contributed by atoms with Crippen LogP contribution in [0.5, 0.6) is 5.88 Å². The zero-order valence-corrected chi connectivity index (χ0v) is 11.3. The van der Waals surface area contributed by atoms with E-state index in [4.69, 9.17) is 10.5 Å². The molecule has 1 aromatic heterocycles. The lowest BCUT2D eigenvalue weighted by atomic mass is 10.0. The molecule has 0 aromatic carbocycles. The molecule has 1 aliphatic heterocycles. The second kappa shape index (κ2) is 5.52. The van der Waals surface area contributed by atoms with Gasteiger partial charge in [-0.3, -0.25) is 0 Å². The van der Waals surface area contributed by atoms with E-state index in [-0.39, 0.29) is 6.10 Å². The summed E-state index contributed by atoms with van der Waals surface area (Å²) in [6.45, 7) is 7.88. The molecule has 0 bridgehead atoms. The summed E-state index contributed by atoms with van der Waals surface area (Å²) in [5, 5.41) is 0. The molecule has 2 unspecified atom stereocenters. The van der Waals surface area contributed by atoms with Crippen molar-refractivity contribution in [2.24, 2.45) is 11.7 Å². The van der Waals surface area contributed by atoms with Gasteiger partial charge in [0.15, 0.2) is 0 Å². The van der Waals surface area contributed by atoms with E-state index in [1.54, 1.807) is 6.33 Å². The van der Waals surface area contributed by atoms with Gasteiger partial charge in [-0.25, -0.2) is 9.97 Å². The average Bonchev–Trinajstić information content (AvgIpc) is 2.70. The second-order valence-electron chi connectivity index (χ2n) is 5.14. The normalized spacial score (nSPS) is 23.7. The molecule has 0 amide bonds. The van der Waals surface area contributed by atoms with E-state index >= 15 is 0 Å². The highest BCUT2D eigenvalue weighted by Crippen LogP contribution is 2.28. The van der Waals surface area contributed by atoms with Crippen molar-refractivity contribution < 1.29 is 4.74 Å². The number of rotatable bonds is 4. The second-order valence-corrected chi connectivity index (χ2v) is 5.14. The van der Waals surface area contributed by atoms with Crippen LogP contribution in [0.15, 0.2) is 12.4 Å². The predicted octanol–water partition coefficient (Wildman–Crippen LogP) is 1.44. The van der Waals surface area contributed by atoms with E-state index in [1.165, 1.54) is 0 Å². The van der Waals surface area contributed by atoms with Gasteiger partial charge in [-0.15, -0.1) is 0 Å². The van der Waals surface area contributed by atoms with E-state index in [1.807, 2.05) is 19.9 Å². The van der Waals surface area contributed by atoms with Crippen LogP contribution >= 0.6 is 0 Å². The zero-order chi connectivity index (χ0) is 13.1. The summed E-state index contributed by atoms with van der Waals surface area (Å²) in [6, 6.07) is 2.27. The molecule has 1 saturated heterocycles. The third-order valence-corrected chi connectivity index (χ3v) is 3.40. The largest absolute Gasteiger partial charge is 0.475 e. The minimum Gasteiger partial charge on any atom is -0.475 e. The van der Waals surface area contributed by atoms with E-state index in [2.05, 4.69) is 21.8 Å². The van der Waals surface area contributed by atoms with Gasteiger partial charge in [-0.1, -0.05) is 6.92 Å². The van der Waals surface area contributed by atoms with Crippen molar-refractivity contribution in [3.05, 3.63) is 12.4 Å². The quantitative estimate of drug-likeness (QED) is 0.876. The molecule has 2 N–H and O–H groups in total. The standard InChI is InChI=1S/C13H22N4O/c1-9(2)18-13-6-12(15-8-16-13)17-5-4-10(3)11(17)7-14/h6,8-11H,4-5,7,14H2,1-3H3. The topological polar surface area (TPSA) is 64.3 Å². The lowest BCUT2D eigenvalue weighted by Crippen LogP contribution is -2.38. The summed E-state index contributed by atoms with van der Waals surface area (Å²) >= 11 is 0. The molecule has 2 rings (SSSR count). The first kappa shape index (κ1) is 13.1. The van der Waals surface area contributed by atoms with Gasteiger partial charge in [-0.05, 0) is 26.2 Å². The van der Waals surface area contributed by atoms with Gasteiger partial charge in [0.1, 0.15) is 12.1 Å². The molecule has 0 aliphatic carbocycles. The van der Waals surface area contributed by atoms with Gasteiger partial charge in [-0.2, -0.15) is 0 Å². The van der Waals surface area contributed by atoms with E-state index in [0.717, 1.165) is 18.8 Å². The van der Waals surface area contributed by atoms with Crippen LogP contribution < -0.4 is 15.4 Å². The lowest BCUT2D eigenvalue weighted by Gasteiger charge is -2.26. The number of nitrogens with two attached hydrogens (primary N) is 1. The third-order valence-electron chi connectivity index (χ3n) is 3.40. The Kier molecular flexibility index (Phi) is 4.01. The summed E-state index contributed by atoms with van der Waals surface area (Å²) in [5.74, 6) is 2.16. The molecule has 1 aliphatic rings. The van der Waals surface area contributed by atoms with Gasteiger partial charge in [0.2, 0.25) is 5.88 Å². The Hall–Kier alpha value is -1.36. The third kappa shape index (κ3) is 2.72. The summed E-state index contributed by atoms with van der Waals surface area (Å²) in [7, 11) is 0. The Morgan fingerprint density at radius 3 is 2.94 bits per heavy atom. The Labute approximate surface area is 108 Å². The van der Waals surface area contributed by atoms with Crippen molar-refractivity contribution in [1.82, 2.24) is 9.97 Å². The van der Waals surface area contributed by atoms with Crippen molar-refractivity contribution in [1.29, 1.82) is 0 Å². The molecule has 5 heteroatoms. The molecule has 1 aromatic rings. The highest BCUT2D eigenvalue weighted by molar-refractivity contribution is 5.43. The molecule has 18 heavy (non-hydrogen) atoms. The Balaban J connectivity index is 2.17. The molecule has 2 heterocycles. The number of hydrogen-bond acceptors (Lipinski definition) is 5. The highest BCUT2D eigenvalue weighted by atomic mass is 16.5. The number of anilines is 1. The van der Waals surface area contributed by atoms with Crippen LogP contribution in [0.4, 0.5) is 5.82 Å². The fraction of sp³-hybridized carbons (Fsp3) is 0.692. The summed E-state index contributed by atoms with van der Waals surface area (Å²) in [5.41, 5.74) is 5.85. The molecular weight excluding hydrogens is 228 g/mol. The molecule has 0 saturated carbocycles. The van der Waals surface area contributed by atoms with Gasteiger partial charge < -0.3 is 15.4 Å². The zero-order valence-electron chi connectivity index (χ0n) is 11.3. The summed E-state index contributed by atoms with van der Waals surface area (Å²) in [6.07, 6.45) is 2.84. The van der Waals surface area contributed by atoms with Crippen LogP contribution in [0, 0.1) is 5.92 Å². The molecule has 0 spiro atoms. The van der Waals surface area contributed by atoms with Gasteiger partial charge >= 0.3 is 0 Å². The van der Waals surface area contributed by atoms with Crippen LogP contribution in [-0.4, -0.2) is 35.2 Å². The first-order valence-corrected chi connectivity index (χ1v) is 6.57. The first-order chi connectivity index (χ1) is 8.61. The minimum absolute atomic E-state index is 0.121. The number of nitrogens with zero attached hydrogens (tertiary/aromatic N) is 3. The fourth-order valence-electron chi connectivity index (χ4n) is 2.45. The van der Waals surface area contributed by atoms with Gasteiger partial charge in [0, 0.05) is 25.2 Å². The average molecular weight is 250 g/mol. The summed E-state index contributed by atoms with van der Waals surface area (Å²) < 4.78 is 5.60. The molecule has 5 nitrogen and oxygen atoms in total. The fourth-order valence-corrected chi connectivity index (χ4v) is 2.45. The van der Waals surface area contributed by atoms with Crippen molar-refractivity contribution >= 4 is 5.82 Å². The number of ether oxygens (including phenoxy) is 1. The SMILES string of the molecule is CC(C)Oc1cc(N2CCC(C)C2CN)ncn1. The molecular formula is C13H22N4O. The predicted molar refractivity (Wildman–Crippen MR) is 71.8 cm³/mol. The van der Waals surface area contributed by atoms with Crippen LogP contribution in [-0.2, 0) is 0 Å². The lowest BCUT2D eigenvalue weighted by molar-refractivity contribution is 0.232. The van der Waals surface area contributed by atoms with E-state index in [0.29, 0.717) is 24.4 Å². The molecule has 0 radical (unpaired) electrons. The molecule has 100 valence electrons. The van der Waals surface area contributed by atoms with Crippen LogP contribution in [0.1, 0.15) is 27.2 Å². The first-order valence-electron chi connectivity index (χ1n) is 6.57. The van der Waals surface area contributed by atoms with Gasteiger partial charge in [0.05, 0.1) is 6.10 Å². The Morgan fingerprint density at radius 1 is 1.50 bits per heavy atom. The van der Waals surface area contributed by atoms with Crippen molar-refractivity contribution in [2.75, 3.05) is 18.0 Å². The van der Waals surface area contributed by atoms with E-state index in [9.17, 15) is 0 Å². The maximum atomic E-state index is 5.85. The highest BCUT2D eigenvalue weighted by Gasteiger charge is 2.31. The number of aromatic nitrogens is 2. The maximum Gasteiger partial charge on any atom is 0.218 e. The van der Waals surface area contributed by atoms with Crippen molar-refractivity contribution in [3.8, 4) is 5.88 Å². The number of hydrogen-bond donors (Lipinski definition) is 1. The Morgan fingerprint density at radius 2 is 2.28 bits per heavy atom. The molecule has 2 atom stereocenters. The van der Waals surface area contributed by atoms with E-state index < -0.39 is 0 Å². The van der Waals surface area contributed by atoms with Gasteiger partial charge in [0.25, 0.3) is 0 Å². The maximum absolute atomic E-state index is 5.85. The van der Waals surface area contributed by atoms with Crippen molar-refractivity contribution in [2.45, 2.75) is 39.3 Å².